The van der Waals surface area contributed by atoms with Crippen molar-refractivity contribution in [3.63, 3.8) is 0 Å². The van der Waals surface area contributed by atoms with Crippen LogP contribution in [-0.2, 0) is 7.05 Å². The van der Waals surface area contributed by atoms with Crippen LogP contribution in [0.3, 0.4) is 0 Å². The van der Waals surface area contributed by atoms with E-state index in [1.807, 2.05) is 6.07 Å². The zero-order valence-corrected chi connectivity index (χ0v) is 15.0. The first kappa shape index (κ1) is 19.8. The number of hydrogen-bond donors (Lipinski definition) is 2. The predicted octanol–water partition coefficient (Wildman–Crippen LogP) is 3.69. The molecule has 10 heteroatoms. The second kappa shape index (κ2) is 7.55. The monoisotopic (exact) mass is 401 g/mol. The maximum atomic E-state index is 12.4. The van der Waals surface area contributed by atoms with Gasteiger partial charge < -0.3 is 15.8 Å². The molecule has 0 spiro atoms. The second-order valence-corrected chi connectivity index (χ2v) is 5.96. The number of aryl methyl sites for hydroxylation is 1. The maximum Gasteiger partial charge on any atom is 0.573 e. The number of nitrogens with two attached hydrogens (primary N) is 1. The third kappa shape index (κ3) is 4.47. The van der Waals surface area contributed by atoms with E-state index in [0.29, 0.717) is 16.9 Å². The van der Waals surface area contributed by atoms with Crippen LogP contribution in [-0.4, -0.2) is 22.1 Å². The van der Waals surface area contributed by atoms with Crippen molar-refractivity contribution in [2.75, 3.05) is 11.1 Å². The Kier molecular flexibility index (Phi) is 5.14. The molecular formula is C19H14F3N5O2. The Morgan fingerprint density at radius 1 is 1.17 bits per heavy atom. The van der Waals surface area contributed by atoms with Gasteiger partial charge in [0.15, 0.2) is 5.82 Å². The molecule has 148 valence electrons. The fraction of sp³-hybridized carbons (Fsp3) is 0.105. The van der Waals surface area contributed by atoms with E-state index in [2.05, 4.69) is 15.2 Å². The summed E-state index contributed by atoms with van der Waals surface area (Å²) in [6.45, 7) is 0. The van der Waals surface area contributed by atoms with Crippen molar-refractivity contribution in [1.29, 1.82) is 5.26 Å². The van der Waals surface area contributed by atoms with Gasteiger partial charge in [0.2, 0.25) is 0 Å². The SMILES string of the molecule is Cn1nc(NC(=O)c2ccc(OC(F)(F)F)cc2)c(C#N)c1-c1ccc(N)cc1. The number of halogens is 3. The molecule has 2 aromatic carbocycles. The van der Waals surface area contributed by atoms with Gasteiger partial charge in [0, 0.05) is 23.9 Å². The molecule has 0 aliphatic carbocycles. The van der Waals surface area contributed by atoms with Gasteiger partial charge in [-0.25, -0.2) is 0 Å². The predicted molar refractivity (Wildman–Crippen MR) is 98.8 cm³/mol. The molecule has 0 saturated heterocycles. The average Bonchev–Trinajstić information content (AvgIpc) is 2.96. The quantitative estimate of drug-likeness (QED) is 0.649. The molecular weight excluding hydrogens is 387 g/mol. The highest BCUT2D eigenvalue weighted by molar-refractivity contribution is 6.04. The normalized spacial score (nSPS) is 11.0. The summed E-state index contributed by atoms with van der Waals surface area (Å²) in [6, 6.07) is 13.2. The molecule has 0 atom stereocenters. The van der Waals surface area contributed by atoms with Crippen LogP contribution >= 0.6 is 0 Å². The minimum atomic E-state index is -4.82. The Morgan fingerprint density at radius 2 is 1.79 bits per heavy atom. The molecule has 1 aromatic heterocycles. The summed E-state index contributed by atoms with van der Waals surface area (Å²) < 4.78 is 41.9. The first-order valence-corrected chi connectivity index (χ1v) is 8.18. The summed E-state index contributed by atoms with van der Waals surface area (Å²) >= 11 is 0. The van der Waals surface area contributed by atoms with E-state index >= 15 is 0 Å². The van der Waals surface area contributed by atoms with Gasteiger partial charge in [-0.05, 0) is 36.4 Å². The lowest BCUT2D eigenvalue weighted by molar-refractivity contribution is -0.274. The molecule has 29 heavy (non-hydrogen) atoms. The van der Waals surface area contributed by atoms with Crippen molar-refractivity contribution in [1.82, 2.24) is 9.78 Å². The van der Waals surface area contributed by atoms with Crippen LogP contribution in [0, 0.1) is 11.3 Å². The minimum Gasteiger partial charge on any atom is -0.406 e. The van der Waals surface area contributed by atoms with Crippen molar-refractivity contribution < 1.29 is 22.7 Å². The number of amides is 1. The number of carbonyl (C=O) groups excluding carboxylic acids is 1. The zero-order valence-electron chi connectivity index (χ0n) is 15.0. The molecule has 0 fully saturated rings. The van der Waals surface area contributed by atoms with Crippen LogP contribution in [0.2, 0.25) is 0 Å². The second-order valence-electron chi connectivity index (χ2n) is 5.96. The molecule has 0 saturated carbocycles. The van der Waals surface area contributed by atoms with Gasteiger partial charge in [-0.3, -0.25) is 9.48 Å². The highest BCUT2D eigenvalue weighted by Gasteiger charge is 2.31. The van der Waals surface area contributed by atoms with Crippen LogP contribution in [0.25, 0.3) is 11.3 Å². The van der Waals surface area contributed by atoms with Crippen LogP contribution < -0.4 is 15.8 Å². The first-order valence-electron chi connectivity index (χ1n) is 8.18. The number of anilines is 2. The number of alkyl halides is 3. The van der Waals surface area contributed by atoms with E-state index in [4.69, 9.17) is 5.73 Å². The summed E-state index contributed by atoms with van der Waals surface area (Å²) in [6.07, 6.45) is -4.82. The molecule has 7 nitrogen and oxygen atoms in total. The summed E-state index contributed by atoms with van der Waals surface area (Å²) in [7, 11) is 1.62. The fourth-order valence-corrected chi connectivity index (χ4v) is 2.68. The molecule has 1 amide bonds. The number of carbonyl (C=O) groups is 1. The summed E-state index contributed by atoms with van der Waals surface area (Å²) in [5.74, 6) is -1.06. The smallest absolute Gasteiger partial charge is 0.406 e. The lowest BCUT2D eigenvalue weighted by Crippen LogP contribution is -2.17. The fourth-order valence-electron chi connectivity index (χ4n) is 2.68. The highest BCUT2D eigenvalue weighted by Crippen LogP contribution is 2.29. The molecule has 0 radical (unpaired) electrons. The van der Waals surface area contributed by atoms with E-state index in [1.54, 1.807) is 31.3 Å². The molecule has 0 aliphatic rings. The molecule has 3 rings (SSSR count). The van der Waals surface area contributed by atoms with Crippen LogP contribution in [0.4, 0.5) is 24.7 Å². The Balaban J connectivity index is 1.85. The summed E-state index contributed by atoms with van der Waals surface area (Å²) in [4.78, 5) is 12.4. The van der Waals surface area contributed by atoms with E-state index in [0.717, 1.165) is 12.1 Å². The number of aromatic nitrogens is 2. The van der Waals surface area contributed by atoms with Gasteiger partial charge >= 0.3 is 6.36 Å². The zero-order chi connectivity index (χ0) is 21.2. The Hall–Kier alpha value is -4.00. The Bertz CT molecular complexity index is 1080. The van der Waals surface area contributed by atoms with Gasteiger partial charge in [0.05, 0.1) is 5.69 Å². The summed E-state index contributed by atoms with van der Waals surface area (Å²) in [5.41, 5.74) is 7.61. The number of nitrogens with zero attached hydrogens (tertiary/aromatic N) is 3. The van der Waals surface area contributed by atoms with Crippen molar-refractivity contribution >= 4 is 17.4 Å². The molecule has 0 aliphatic heterocycles. The number of nitrogen functional groups attached to an aromatic ring is 1. The molecule has 3 N–H and O–H groups in total. The third-order valence-electron chi connectivity index (χ3n) is 3.93. The number of rotatable bonds is 4. The average molecular weight is 401 g/mol. The van der Waals surface area contributed by atoms with Gasteiger partial charge in [-0.2, -0.15) is 10.4 Å². The van der Waals surface area contributed by atoms with Gasteiger partial charge in [0.25, 0.3) is 5.91 Å². The van der Waals surface area contributed by atoms with Gasteiger partial charge in [-0.1, -0.05) is 12.1 Å². The topological polar surface area (TPSA) is 106 Å². The number of nitriles is 1. The summed E-state index contributed by atoms with van der Waals surface area (Å²) in [5, 5.41) is 16.2. The van der Waals surface area contributed by atoms with Crippen LogP contribution in [0.15, 0.2) is 48.5 Å². The molecule has 0 unspecified atom stereocenters. The minimum absolute atomic E-state index is 0.0300. The number of benzene rings is 2. The molecule has 1 heterocycles. The van der Waals surface area contributed by atoms with Crippen LogP contribution in [0.1, 0.15) is 15.9 Å². The van der Waals surface area contributed by atoms with Gasteiger partial charge in [-0.15, -0.1) is 13.2 Å². The largest absolute Gasteiger partial charge is 0.573 e. The van der Waals surface area contributed by atoms with E-state index in [9.17, 15) is 23.2 Å². The lowest BCUT2D eigenvalue weighted by atomic mass is 10.1. The Morgan fingerprint density at radius 3 is 2.34 bits per heavy atom. The van der Waals surface area contributed by atoms with Crippen molar-refractivity contribution in [3.05, 3.63) is 59.7 Å². The van der Waals surface area contributed by atoms with E-state index in [-0.39, 0.29) is 16.9 Å². The number of hydrogen-bond acceptors (Lipinski definition) is 5. The van der Waals surface area contributed by atoms with Crippen LogP contribution in [0.5, 0.6) is 5.75 Å². The molecule has 3 aromatic rings. The number of nitrogens with one attached hydrogen (secondary N) is 1. The maximum absolute atomic E-state index is 12.4. The highest BCUT2D eigenvalue weighted by atomic mass is 19.4. The van der Waals surface area contributed by atoms with Gasteiger partial charge in [0.1, 0.15) is 17.4 Å². The Labute approximate surface area is 163 Å². The van der Waals surface area contributed by atoms with Crippen molar-refractivity contribution in [2.24, 2.45) is 7.05 Å². The van der Waals surface area contributed by atoms with E-state index < -0.39 is 18.0 Å². The lowest BCUT2D eigenvalue weighted by Gasteiger charge is -2.09. The van der Waals surface area contributed by atoms with Crippen molar-refractivity contribution in [3.8, 4) is 23.1 Å². The molecule has 0 bridgehead atoms. The first-order chi connectivity index (χ1) is 13.7. The standard InChI is InChI=1S/C19H14F3N5O2/c1-27-16(11-2-6-13(24)7-3-11)15(10-23)17(26-27)25-18(28)12-4-8-14(9-5-12)29-19(20,21)22/h2-9H,24H2,1H3,(H,25,26,28). The number of ether oxygens (including phenoxy) is 1. The van der Waals surface area contributed by atoms with Crippen molar-refractivity contribution in [2.45, 2.75) is 6.36 Å². The third-order valence-corrected chi connectivity index (χ3v) is 3.93. The van der Waals surface area contributed by atoms with E-state index in [1.165, 1.54) is 16.8 Å².